The third kappa shape index (κ3) is 4.51. The maximum absolute atomic E-state index is 12.9. The number of anilines is 1. The number of rotatable bonds is 6. The first-order chi connectivity index (χ1) is 14.2. The van der Waals surface area contributed by atoms with Crippen LogP contribution in [0.15, 0.2) is 50.8 Å². The van der Waals surface area contributed by atoms with Crippen LogP contribution in [-0.2, 0) is 4.79 Å². The molecule has 0 unspecified atom stereocenters. The molecule has 30 heavy (non-hydrogen) atoms. The summed E-state index contributed by atoms with van der Waals surface area (Å²) in [5, 5.41) is 13.9. The molecule has 0 saturated heterocycles. The van der Waals surface area contributed by atoms with Gasteiger partial charge in [-0.15, -0.1) is 0 Å². The first kappa shape index (κ1) is 21.5. The summed E-state index contributed by atoms with van der Waals surface area (Å²) < 4.78 is 7.58. The number of aryl methyl sites for hydroxylation is 1. The zero-order valence-electron chi connectivity index (χ0n) is 17.0. The summed E-state index contributed by atoms with van der Waals surface area (Å²) in [6.45, 7) is 3.14. The van der Waals surface area contributed by atoms with Crippen LogP contribution in [0.5, 0.6) is 5.75 Å². The number of hydrogen-bond acceptors (Lipinski definition) is 6. The van der Waals surface area contributed by atoms with E-state index in [2.05, 4.69) is 26.0 Å². The van der Waals surface area contributed by atoms with Crippen LogP contribution in [0.4, 0.5) is 5.69 Å². The molecule has 3 rings (SSSR count). The average Bonchev–Trinajstić information content (AvgIpc) is 2.69. The largest absolute Gasteiger partial charge is 0.479 e. The fourth-order valence-corrected chi connectivity index (χ4v) is 3.13. The lowest BCUT2D eigenvalue weighted by molar-refractivity contribution is -0.144. The van der Waals surface area contributed by atoms with Crippen molar-refractivity contribution >= 4 is 44.7 Å². The van der Waals surface area contributed by atoms with E-state index < -0.39 is 12.1 Å². The number of carboxylic acid groups (broad SMARTS) is 1. The molecule has 1 N–H and O–H groups in total. The molecule has 1 heterocycles. The molecule has 9 heteroatoms. The van der Waals surface area contributed by atoms with Gasteiger partial charge in [-0.05, 0) is 44.2 Å². The van der Waals surface area contributed by atoms with Crippen molar-refractivity contribution in [1.82, 2.24) is 9.66 Å². The Labute approximate surface area is 181 Å². The van der Waals surface area contributed by atoms with E-state index in [1.54, 1.807) is 31.2 Å². The molecule has 2 aromatic carbocycles. The van der Waals surface area contributed by atoms with Crippen LogP contribution < -0.4 is 15.2 Å². The minimum atomic E-state index is -1.08. The second-order valence-electron chi connectivity index (χ2n) is 6.90. The number of carbonyl (C=O) groups is 1. The number of halogens is 1. The first-order valence-electron chi connectivity index (χ1n) is 9.11. The molecule has 0 radical (unpaired) electrons. The number of nitrogens with zero attached hydrogens (tertiary/aromatic N) is 4. The minimum Gasteiger partial charge on any atom is -0.479 e. The molecule has 1 atom stereocenters. The molecule has 0 aliphatic rings. The Kier molecular flexibility index (Phi) is 6.21. The van der Waals surface area contributed by atoms with Gasteiger partial charge in [-0.2, -0.15) is 9.78 Å². The molecular weight excluding hydrogens is 452 g/mol. The number of carboxylic acids is 1. The van der Waals surface area contributed by atoms with Crippen molar-refractivity contribution in [3.05, 3.63) is 62.6 Å². The molecule has 1 aromatic heterocycles. The van der Waals surface area contributed by atoms with E-state index in [0.717, 1.165) is 10.2 Å². The summed E-state index contributed by atoms with van der Waals surface area (Å²) in [4.78, 5) is 30.4. The van der Waals surface area contributed by atoms with Crippen LogP contribution >= 0.6 is 15.9 Å². The Bertz CT molecular complexity index is 1200. The predicted molar refractivity (Wildman–Crippen MR) is 120 cm³/mol. The topological polar surface area (TPSA) is 97.0 Å². The van der Waals surface area contributed by atoms with E-state index in [-0.39, 0.29) is 5.56 Å². The average molecular weight is 473 g/mol. The highest BCUT2D eigenvalue weighted by atomic mass is 79.9. The van der Waals surface area contributed by atoms with Gasteiger partial charge < -0.3 is 14.7 Å². The van der Waals surface area contributed by atoms with Crippen molar-refractivity contribution < 1.29 is 14.6 Å². The summed E-state index contributed by atoms with van der Waals surface area (Å²) in [7, 11) is 3.74. The summed E-state index contributed by atoms with van der Waals surface area (Å²) in [6.07, 6.45) is 0.419. The maximum atomic E-state index is 12.9. The quantitative estimate of drug-likeness (QED) is 0.552. The Morgan fingerprint density at radius 1 is 1.30 bits per heavy atom. The van der Waals surface area contributed by atoms with Crippen molar-refractivity contribution in [2.75, 3.05) is 19.0 Å². The predicted octanol–water partition coefficient (Wildman–Crippen LogP) is 3.27. The molecular formula is C21H21BrN4O4. The lowest BCUT2D eigenvalue weighted by atomic mass is 10.2. The lowest BCUT2D eigenvalue weighted by Gasteiger charge is -2.17. The lowest BCUT2D eigenvalue weighted by Crippen LogP contribution is -2.24. The van der Waals surface area contributed by atoms with E-state index in [1.807, 2.05) is 31.1 Å². The van der Waals surface area contributed by atoms with Gasteiger partial charge >= 0.3 is 5.97 Å². The van der Waals surface area contributed by atoms with Crippen molar-refractivity contribution in [1.29, 1.82) is 0 Å². The molecule has 3 aromatic rings. The molecule has 0 fully saturated rings. The zero-order valence-corrected chi connectivity index (χ0v) is 18.5. The van der Waals surface area contributed by atoms with Crippen LogP contribution in [0.2, 0.25) is 0 Å². The van der Waals surface area contributed by atoms with Gasteiger partial charge in [0.1, 0.15) is 11.6 Å². The SMILES string of the molecule is Cc1nc2ccc(Br)cc2c(=O)n1N=Cc1ccc(N(C)C)cc1O[C@@H](C)C(=O)O. The molecule has 0 spiro atoms. The van der Waals surface area contributed by atoms with E-state index in [4.69, 9.17) is 4.74 Å². The first-order valence-corrected chi connectivity index (χ1v) is 9.91. The van der Waals surface area contributed by atoms with Crippen LogP contribution in [0.25, 0.3) is 10.9 Å². The zero-order chi connectivity index (χ0) is 22.0. The Morgan fingerprint density at radius 2 is 2.03 bits per heavy atom. The monoisotopic (exact) mass is 472 g/mol. The van der Waals surface area contributed by atoms with Crippen LogP contribution in [0, 0.1) is 6.92 Å². The number of ether oxygens (including phenoxy) is 1. The summed E-state index contributed by atoms with van der Waals surface area (Å²) in [5.74, 6) is -0.302. The van der Waals surface area contributed by atoms with E-state index in [9.17, 15) is 14.7 Å². The molecule has 8 nitrogen and oxygen atoms in total. The maximum Gasteiger partial charge on any atom is 0.344 e. The Morgan fingerprint density at radius 3 is 2.70 bits per heavy atom. The van der Waals surface area contributed by atoms with Gasteiger partial charge in [-0.1, -0.05) is 15.9 Å². The van der Waals surface area contributed by atoms with Crippen LogP contribution in [0.3, 0.4) is 0 Å². The molecule has 0 bridgehead atoms. The highest BCUT2D eigenvalue weighted by Gasteiger charge is 2.16. The van der Waals surface area contributed by atoms with Crippen molar-refractivity contribution in [2.24, 2.45) is 5.10 Å². The van der Waals surface area contributed by atoms with Gasteiger partial charge in [0, 0.05) is 35.9 Å². The van der Waals surface area contributed by atoms with E-state index in [0.29, 0.717) is 28.0 Å². The second-order valence-corrected chi connectivity index (χ2v) is 7.81. The molecule has 0 aliphatic heterocycles. The number of aliphatic carboxylic acids is 1. The van der Waals surface area contributed by atoms with Gasteiger partial charge in [0.2, 0.25) is 0 Å². The number of fused-ring (bicyclic) bond motifs is 1. The molecule has 0 amide bonds. The number of benzene rings is 2. The van der Waals surface area contributed by atoms with Crippen LogP contribution in [0.1, 0.15) is 18.3 Å². The Hall–Kier alpha value is -3.20. The van der Waals surface area contributed by atoms with Gasteiger partial charge in [0.25, 0.3) is 5.56 Å². The van der Waals surface area contributed by atoms with Gasteiger partial charge in [-0.3, -0.25) is 4.79 Å². The normalized spacial score (nSPS) is 12.3. The molecule has 156 valence electrons. The summed E-state index contributed by atoms with van der Waals surface area (Å²) >= 11 is 3.36. The van der Waals surface area contributed by atoms with Crippen molar-refractivity contribution in [3.8, 4) is 5.75 Å². The smallest absolute Gasteiger partial charge is 0.344 e. The number of hydrogen-bond donors (Lipinski definition) is 1. The van der Waals surface area contributed by atoms with E-state index in [1.165, 1.54) is 17.8 Å². The third-order valence-electron chi connectivity index (χ3n) is 4.45. The van der Waals surface area contributed by atoms with Gasteiger partial charge in [-0.25, -0.2) is 9.78 Å². The fraction of sp³-hybridized carbons (Fsp3) is 0.238. The highest BCUT2D eigenvalue weighted by Crippen LogP contribution is 2.25. The van der Waals surface area contributed by atoms with E-state index >= 15 is 0 Å². The van der Waals surface area contributed by atoms with Crippen molar-refractivity contribution in [2.45, 2.75) is 20.0 Å². The van der Waals surface area contributed by atoms with Crippen molar-refractivity contribution in [3.63, 3.8) is 0 Å². The molecule has 0 aliphatic carbocycles. The summed E-state index contributed by atoms with van der Waals surface area (Å²) in [5.41, 5.74) is 1.66. The summed E-state index contributed by atoms with van der Waals surface area (Å²) in [6, 6.07) is 10.6. The second kappa shape index (κ2) is 8.66. The third-order valence-corrected chi connectivity index (χ3v) is 4.94. The highest BCUT2D eigenvalue weighted by molar-refractivity contribution is 9.10. The van der Waals surface area contributed by atoms with Crippen LogP contribution in [-0.4, -0.2) is 47.1 Å². The van der Waals surface area contributed by atoms with Gasteiger partial charge in [0.15, 0.2) is 6.10 Å². The minimum absolute atomic E-state index is 0.304. The fourth-order valence-electron chi connectivity index (χ4n) is 2.77. The Balaban J connectivity index is 2.07. The number of aromatic nitrogens is 2. The standard InChI is InChI=1S/C21H21BrN4O4/c1-12(21(28)29)30-19-10-16(25(3)4)7-5-14(19)11-23-26-13(2)24-18-8-6-15(22)9-17(18)20(26)27/h5-12H,1-4H3,(H,28,29)/t12-/m0/s1. The van der Waals surface area contributed by atoms with Gasteiger partial charge in [0.05, 0.1) is 17.1 Å². The molecule has 0 saturated carbocycles.